The number of hydrogen-bond donors (Lipinski definition) is 1. The summed E-state index contributed by atoms with van der Waals surface area (Å²) in [5, 5.41) is 0. The van der Waals surface area contributed by atoms with Crippen LogP contribution in [0.1, 0.15) is 0 Å². The van der Waals surface area contributed by atoms with Crippen LogP contribution in [0.25, 0.3) is 0 Å². The molecule has 0 aliphatic carbocycles. The molecular weight excluding hydrogens is 196 g/mol. The molecule has 0 radical (unpaired) electrons. The lowest BCUT2D eigenvalue weighted by Crippen LogP contribution is -2.21. The third kappa shape index (κ3) is 4.66. The van der Waals surface area contributed by atoms with E-state index >= 15 is 0 Å². The summed E-state index contributed by atoms with van der Waals surface area (Å²) >= 11 is 0. The van der Waals surface area contributed by atoms with E-state index in [-0.39, 0.29) is 0 Å². The topological polar surface area (TPSA) is 71.4 Å². The standard InChI is InChI=1S/CHF3O3S.HOP/c2-1(3,4)8(5,6)7;1-2/h(H,5,6,7);2H. The van der Waals surface area contributed by atoms with Crippen molar-refractivity contribution < 1.29 is 30.7 Å². The van der Waals surface area contributed by atoms with Crippen LogP contribution in [0.2, 0.25) is 0 Å². The summed E-state index contributed by atoms with van der Waals surface area (Å²) in [5.74, 6) is 0. The molecule has 4 nitrogen and oxygen atoms in total. The molecule has 0 heterocycles. The Bertz CT molecular complexity index is 181. The lowest BCUT2D eigenvalue weighted by molar-refractivity contribution is -0.0510. The van der Waals surface area contributed by atoms with Crippen LogP contribution in [-0.4, -0.2) is 18.5 Å². The van der Waals surface area contributed by atoms with Gasteiger partial charge in [0.2, 0.25) is 0 Å². The summed E-state index contributed by atoms with van der Waals surface area (Å²) in [6, 6.07) is 0. The Morgan fingerprint density at radius 3 is 1.30 bits per heavy atom. The Morgan fingerprint density at radius 2 is 1.30 bits per heavy atom. The van der Waals surface area contributed by atoms with Gasteiger partial charge in [0, 0.05) is 0 Å². The molecule has 0 aromatic heterocycles. The van der Waals surface area contributed by atoms with E-state index in [1.807, 2.05) is 0 Å². The fourth-order valence-corrected chi connectivity index (χ4v) is 0. The minimum Gasteiger partial charge on any atom is -0.279 e. The SMILES string of the molecule is O=P.O=S(=O)(O)C(F)(F)F. The maximum Gasteiger partial charge on any atom is 0.522 e. The second-order valence-corrected chi connectivity index (χ2v) is 2.33. The summed E-state index contributed by atoms with van der Waals surface area (Å²) in [6.07, 6.45) is 0. The fraction of sp³-hybridized carbons (Fsp3) is 1.00. The first-order valence-corrected chi connectivity index (χ1v) is 3.34. The van der Waals surface area contributed by atoms with Gasteiger partial charge in [0.15, 0.2) is 0 Å². The van der Waals surface area contributed by atoms with Crippen molar-refractivity contribution in [1.29, 1.82) is 0 Å². The van der Waals surface area contributed by atoms with E-state index in [2.05, 4.69) is 0 Å². The van der Waals surface area contributed by atoms with Gasteiger partial charge in [-0.2, -0.15) is 21.6 Å². The minimum atomic E-state index is -5.84. The minimum absolute atomic E-state index is 1.72. The predicted molar refractivity (Wildman–Crippen MR) is 26.6 cm³/mol. The third-order valence-corrected chi connectivity index (χ3v) is 0.877. The molecule has 0 aromatic carbocycles. The van der Waals surface area contributed by atoms with Crippen molar-refractivity contribution >= 4 is 19.2 Å². The maximum atomic E-state index is 10.7. The summed E-state index contributed by atoms with van der Waals surface area (Å²) in [5.41, 5.74) is -5.53. The first-order chi connectivity index (χ1) is 4.25. The number of alkyl halides is 3. The Labute approximate surface area is 56.4 Å². The molecule has 0 unspecified atom stereocenters. The third-order valence-electron chi connectivity index (χ3n) is 0.292. The molecule has 9 heteroatoms. The highest BCUT2D eigenvalue weighted by Gasteiger charge is 2.44. The molecular formula is CH2F3O4PS. The molecule has 0 aromatic rings. The molecule has 62 valence electrons. The number of halogens is 3. The van der Waals surface area contributed by atoms with Gasteiger partial charge in [0.1, 0.15) is 9.12 Å². The van der Waals surface area contributed by atoms with Gasteiger partial charge in [-0.05, 0) is 0 Å². The maximum absolute atomic E-state index is 10.7. The molecule has 0 saturated heterocycles. The van der Waals surface area contributed by atoms with Gasteiger partial charge in [0.05, 0.1) is 0 Å². The Balaban J connectivity index is 0. The van der Waals surface area contributed by atoms with Crippen LogP contribution in [0.4, 0.5) is 13.2 Å². The van der Waals surface area contributed by atoms with Gasteiger partial charge < -0.3 is 0 Å². The summed E-state index contributed by atoms with van der Waals surface area (Å²) < 4.78 is 65.6. The largest absolute Gasteiger partial charge is 0.522 e. The van der Waals surface area contributed by atoms with E-state index in [4.69, 9.17) is 17.5 Å². The highest BCUT2D eigenvalue weighted by atomic mass is 32.2. The van der Waals surface area contributed by atoms with Gasteiger partial charge >= 0.3 is 15.6 Å². The quantitative estimate of drug-likeness (QED) is 0.356. The van der Waals surface area contributed by atoms with Crippen molar-refractivity contribution in [3.8, 4) is 0 Å². The first kappa shape index (κ1) is 12.5. The lowest BCUT2D eigenvalue weighted by atomic mass is 11.6. The van der Waals surface area contributed by atoms with E-state index in [9.17, 15) is 13.2 Å². The van der Waals surface area contributed by atoms with Gasteiger partial charge in [0.25, 0.3) is 0 Å². The van der Waals surface area contributed by atoms with Crippen LogP contribution in [0, 0.1) is 0 Å². The van der Waals surface area contributed by atoms with Crippen molar-refractivity contribution in [3.63, 3.8) is 0 Å². The van der Waals surface area contributed by atoms with Gasteiger partial charge in [-0.1, -0.05) is 0 Å². The molecule has 0 bridgehead atoms. The van der Waals surface area contributed by atoms with Crippen molar-refractivity contribution in [3.05, 3.63) is 0 Å². The van der Waals surface area contributed by atoms with E-state index in [0.29, 0.717) is 0 Å². The zero-order chi connectivity index (χ0) is 9.00. The molecule has 0 aliphatic rings. The van der Waals surface area contributed by atoms with Crippen molar-refractivity contribution in [2.24, 2.45) is 0 Å². The Hall–Kier alpha value is -0.200. The summed E-state index contributed by atoms with van der Waals surface area (Å²) in [6.45, 7) is 0. The predicted octanol–water partition coefficient (Wildman–Crippen LogP) is 0.869. The van der Waals surface area contributed by atoms with Crippen molar-refractivity contribution in [1.82, 2.24) is 0 Å². The van der Waals surface area contributed by atoms with Gasteiger partial charge in [-0.3, -0.25) is 9.12 Å². The van der Waals surface area contributed by atoms with Crippen LogP contribution in [-0.2, 0) is 14.7 Å². The molecule has 0 aliphatic heterocycles. The zero-order valence-electron chi connectivity index (χ0n) is 4.21. The smallest absolute Gasteiger partial charge is 0.279 e. The summed E-state index contributed by atoms with van der Waals surface area (Å²) in [4.78, 5) is 0. The summed E-state index contributed by atoms with van der Waals surface area (Å²) in [7, 11) is -4.12. The molecule has 10 heavy (non-hydrogen) atoms. The second-order valence-electron chi connectivity index (χ2n) is 0.921. The fourth-order valence-electron chi connectivity index (χ4n) is 0. The number of hydrogen-bond acceptors (Lipinski definition) is 3. The average molecular weight is 198 g/mol. The first-order valence-electron chi connectivity index (χ1n) is 1.49. The molecule has 0 spiro atoms. The lowest BCUT2D eigenvalue weighted by Gasteiger charge is -1.97. The van der Waals surface area contributed by atoms with E-state index in [0.717, 1.165) is 0 Å². The molecule has 1 N–H and O–H groups in total. The van der Waals surface area contributed by atoms with Crippen LogP contribution >= 0.6 is 9.12 Å². The van der Waals surface area contributed by atoms with Gasteiger partial charge in [-0.25, -0.2) is 0 Å². The number of rotatable bonds is 0. The van der Waals surface area contributed by atoms with Crippen LogP contribution in [0.5, 0.6) is 0 Å². The highest BCUT2D eigenvalue weighted by Crippen LogP contribution is 2.20. The Morgan fingerprint density at radius 1 is 1.20 bits per heavy atom. The van der Waals surface area contributed by atoms with Crippen LogP contribution in [0.15, 0.2) is 0 Å². The van der Waals surface area contributed by atoms with E-state index < -0.39 is 15.6 Å². The Kier molecular flexibility index (Phi) is 4.80. The zero-order valence-corrected chi connectivity index (χ0v) is 6.03. The van der Waals surface area contributed by atoms with Crippen molar-refractivity contribution in [2.75, 3.05) is 0 Å². The molecule has 0 atom stereocenters. The molecule has 0 saturated carbocycles. The normalized spacial score (nSPS) is 11.6. The van der Waals surface area contributed by atoms with Crippen molar-refractivity contribution in [2.45, 2.75) is 5.51 Å². The van der Waals surface area contributed by atoms with Gasteiger partial charge in [-0.15, -0.1) is 0 Å². The second kappa shape index (κ2) is 3.85. The average Bonchev–Trinajstić information content (AvgIpc) is 1.66. The van der Waals surface area contributed by atoms with E-state index in [1.165, 1.54) is 0 Å². The molecule has 0 rings (SSSR count). The highest BCUT2D eigenvalue weighted by molar-refractivity contribution is 7.86. The monoisotopic (exact) mass is 198 g/mol. The van der Waals surface area contributed by atoms with Crippen LogP contribution < -0.4 is 0 Å². The molecule has 0 fully saturated rings. The van der Waals surface area contributed by atoms with E-state index in [1.54, 1.807) is 9.12 Å². The molecule has 0 amide bonds. The van der Waals surface area contributed by atoms with Crippen LogP contribution in [0.3, 0.4) is 0 Å².